The molecule has 2 aromatic heterocycles. The van der Waals surface area contributed by atoms with E-state index in [4.69, 9.17) is 0 Å². The van der Waals surface area contributed by atoms with Gasteiger partial charge in [0.2, 0.25) is 5.91 Å². The number of rotatable bonds is 6. The number of nitrogens with one attached hydrogen (secondary N) is 1. The molecule has 3 heterocycles. The van der Waals surface area contributed by atoms with E-state index in [2.05, 4.69) is 21.5 Å². The molecule has 0 bridgehead atoms. The van der Waals surface area contributed by atoms with Gasteiger partial charge in [-0.15, -0.1) is 5.10 Å². The summed E-state index contributed by atoms with van der Waals surface area (Å²) < 4.78 is 27.0. The molecule has 2 aliphatic rings. The summed E-state index contributed by atoms with van der Waals surface area (Å²) in [5.74, 6) is 0.325. The number of hydrogen-bond donors (Lipinski definition) is 2. The Morgan fingerprint density at radius 2 is 2.10 bits per heavy atom. The second kappa shape index (κ2) is 7.02. The van der Waals surface area contributed by atoms with Crippen molar-refractivity contribution in [2.75, 3.05) is 16.8 Å². The zero-order chi connectivity index (χ0) is 21.7. The molecule has 1 saturated heterocycles. The van der Waals surface area contributed by atoms with Gasteiger partial charge in [-0.3, -0.25) is 4.79 Å². The van der Waals surface area contributed by atoms with Crippen LogP contribution in [-0.4, -0.2) is 32.3 Å². The molecule has 1 aliphatic heterocycles. The summed E-state index contributed by atoms with van der Waals surface area (Å²) in [5.41, 5.74) is -1.93. The average molecular weight is 416 g/mol. The molecule has 2 aromatic rings. The van der Waals surface area contributed by atoms with Crippen LogP contribution in [0.5, 0.6) is 0 Å². The minimum absolute atomic E-state index is 0.0471. The molecular formula is C20H22F2N6O2. The summed E-state index contributed by atoms with van der Waals surface area (Å²) in [6.07, 6.45) is 3.78. The highest BCUT2D eigenvalue weighted by Crippen LogP contribution is 2.51. The molecule has 10 heteroatoms. The molecule has 0 unspecified atom stereocenters. The Bertz CT molecular complexity index is 1020. The van der Waals surface area contributed by atoms with Crippen LogP contribution < -0.4 is 10.2 Å². The first-order valence-electron chi connectivity index (χ1n) is 9.72. The second-order valence-corrected chi connectivity index (χ2v) is 8.28. The maximum atomic E-state index is 13.3. The highest BCUT2D eigenvalue weighted by molar-refractivity contribution is 6.02. The predicted octanol–water partition coefficient (Wildman–Crippen LogP) is 3.30. The van der Waals surface area contributed by atoms with Crippen molar-refractivity contribution < 1.29 is 18.7 Å². The Morgan fingerprint density at radius 1 is 1.37 bits per heavy atom. The average Bonchev–Trinajstić information content (AvgIpc) is 3.35. The molecule has 158 valence electrons. The molecule has 2 fully saturated rings. The number of alkyl halides is 2. The smallest absolute Gasteiger partial charge is 0.333 e. The fraction of sp³-hybridized carbons (Fsp3) is 0.500. The van der Waals surface area contributed by atoms with E-state index >= 15 is 0 Å². The van der Waals surface area contributed by atoms with Gasteiger partial charge in [0, 0.05) is 30.6 Å². The van der Waals surface area contributed by atoms with E-state index in [1.807, 2.05) is 0 Å². The third kappa shape index (κ3) is 3.39. The first-order chi connectivity index (χ1) is 14.2. The minimum Gasteiger partial charge on any atom is -0.384 e. The number of nitrogens with zero attached hydrogens (tertiary/aromatic N) is 5. The van der Waals surface area contributed by atoms with Crippen molar-refractivity contribution in [1.29, 1.82) is 5.26 Å². The number of halogens is 2. The highest BCUT2D eigenvalue weighted by atomic mass is 19.3. The van der Waals surface area contributed by atoms with E-state index < -0.39 is 17.6 Å². The summed E-state index contributed by atoms with van der Waals surface area (Å²) in [6.45, 7) is 0.317. The third-order valence-corrected chi connectivity index (χ3v) is 5.69. The Hall–Kier alpha value is -3.06. The lowest BCUT2D eigenvalue weighted by molar-refractivity contribution is -0.123. The molecule has 1 atom stereocenters. The van der Waals surface area contributed by atoms with Crippen molar-refractivity contribution in [3.8, 4) is 6.07 Å². The van der Waals surface area contributed by atoms with E-state index in [0.717, 1.165) is 12.8 Å². The van der Waals surface area contributed by atoms with Crippen LogP contribution in [0.15, 0.2) is 24.4 Å². The van der Waals surface area contributed by atoms with Gasteiger partial charge in [0.05, 0.1) is 11.8 Å². The standard InChI is InChI=1S/C20H22F2N6O2/c1-19(2,30)14-10-16(26-28(14)18(21)22)25-15-9-13(5-7-24-15)27-8-6-20(11-23,17(27)29)12-3-4-12/h5,7,9-10,12,18,30H,3-4,6,8H2,1-2H3,(H,24,25,26)/t20-/m1/s1. The maximum absolute atomic E-state index is 13.3. The van der Waals surface area contributed by atoms with Gasteiger partial charge >= 0.3 is 6.55 Å². The number of pyridine rings is 1. The number of aliphatic hydroxyl groups is 1. The van der Waals surface area contributed by atoms with E-state index in [9.17, 15) is 23.9 Å². The number of hydrogen-bond acceptors (Lipinski definition) is 6. The van der Waals surface area contributed by atoms with Crippen LogP contribution in [0.1, 0.15) is 45.4 Å². The number of anilines is 3. The molecule has 4 rings (SSSR count). The molecular weight excluding hydrogens is 394 g/mol. The van der Waals surface area contributed by atoms with Gasteiger partial charge in [-0.2, -0.15) is 14.0 Å². The maximum Gasteiger partial charge on any atom is 0.333 e. The molecule has 1 saturated carbocycles. The lowest BCUT2D eigenvalue weighted by Crippen LogP contribution is -2.35. The van der Waals surface area contributed by atoms with Crippen LogP contribution in [0, 0.1) is 22.7 Å². The van der Waals surface area contributed by atoms with Gasteiger partial charge in [0.1, 0.15) is 16.8 Å². The quantitative estimate of drug-likeness (QED) is 0.748. The van der Waals surface area contributed by atoms with Crippen LogP contribution >= 0.6 is 0 Å². The molecule has 1 aliphatic carbocycles. The number of amides is 1. The number of aromatic nitrogens is 3. The lowest BCUT2D eigenvalue weighted by atomic mass is 9.83. The monoisotopic (exact) mass is 416 g/mol. The first kappa shape index (κ1) is 20.2. The summed E-state index contributed by atoms with van der Waals surface area (Å²) in [7, 11) is 0. The van der Waals surface area contributed by atoms with Gasteiger partial charge in [-0.25, -0.2) is 9.67 Å². The lowest BCUT2D eigenvalue weighted by Gasteiger charge is -2.21. The van der Waals surface area contributed by atoms with Crippen LogP contribution in [0.3, 0.4) is 0 Å². The Balaban J connectivity index is 1.58. The fourth-order valence-corrected chi connectivity index (χ4v) is 3.98. The van der Waals surface area contributed by atoms with Crippen LogP contribution in [0.25, 0.3) is 0 Å². The molecule has 0 radical (unpaired) electrons. The molecule has 1 amide bonds. The SMILES string of the molecule is CC(C)(O)c1cc(Nc2cc(N3CC[C@@](C#N)(C4CC4)C3=O)ccn2)nn1C(F)F. The Kier molecular flexibility index (Phi) is 4.73. The highest BCUT2D eigenvalue weighted by Gasteiger charge is 2.56. The van der Waals surface area contributed by atoms with Crippen molar-refractivity contribution >= 4 is 23.2 Å². The number of nitriles is 1. The van der Waals surface area contributed by atoms with Crippen molar-refractivity contribution in [3.05, 3.63) is 30.1 Å². The molecule has 2 N–H and O–H groups in total. The number of carbonyl (C=O) groups excluding carboxylic acids is 1. The largest absolute Gasteiger partial charge is 0.384 e. The van der Waals surface area contributed by atoms with Gasteiger partial charge in [-0.05, 0) is 45.1 Å². The summed E-state index contributed by atoms with van der Waals surface area (Å²) in [4.78, 5) is 18.7. The van der Waals surface area contributed by atoms with Crippen molar-refractivity contribution in [3.63, 3.8) is 0 Å². The normalized spacial score (nSPS) is 21.9. The molecule has 0 spiro atoms. The van der Waals surface area contributed by atoms with Crippen LogP contribution in [0.2, 0.25) is 0 Å². The minimum atomic E-state index is -2.91. The fourth-order valence-electron chi connectivity index (χ4n) is 3.98. The Labute approximate surface area is 172 Å². The van der Waals surface area contributed by atoms with Gasteiger partial charge < -0.3 is 15.3 Å². The van der Waals surface area contributed by atoms with Gasteiger partial charge in [0.15, 0.2) is 5.82 Å². The van der Waals surface area contributed by atoms with E-state index in [1.54, 1.807) is 17.0 Å². The van der Waals surface area contributed by atoms with Crippen LogP contribution in [0.4, 0.5) is 26.1 Å². The summed E-state index contributed by atoms with van der Waals surface area (Å²) >= 11 is 0. The van der Waals surface area contributed by atoms with Crippen molar-refractivity contribution in [2.24, 2.45) is 11.3 Å². The topological polar surface area (TPSA) is 107 Å². The summed E-state index contributed by atoms with van der Waals surface area (Å²) in [6, 6.07) is 6.86. The summed E-state index contributed by atoms with van der Waals surface area (Å²) in [5, 5.41) is 26.4. The molecule has 0 aromatic carbocycles. The van der Waals surface area contributed by atoms with E-state index in [1.165, 1.54) is 26.1 Å². The van der Waals surface area contributed by atoms with Gasteiger partial charge in [-0.1, -0.05) is 0 Å². The van der Waals surface area contributed by atoms with E-state index in [0.29, 0.717) is 29.2 Å². The number of carbonyl (C=O) groups is 1. The Morgan fingerprint density at radius 3 is 2.67 bits per heavy atom. The van der Waals surface area contributed by atoms with Crippen molar-refractivity contribution in [1.82, 2.24) is 14.8 Å². The molecule has 8 nitrogen and oxygen atoms in total. The first-order valence-corrected chi connectivity index (χ1v) is 9.72. The third-order valence-electron chi connectivity index (χ3n) is 5.69. The molecule has 30 heavy (non-hydrogen) atoms. The second-order valence-electron chi connectivity index (χ2n) is 8.28. The zero-order valence-electron chi connectivity index (χ0n) is 16.6. The van der Waals surface area contributed by atoms with Gasteiger partial charge in [0.25, 0.3) is 0 Å². The predicted molar refractivity (Wildman–Crippen MR) is 104 cm³/mol. The van der Waals surface area contributed by atoms with Crippen LogP contribution in [-0.2, 0) is 10.4 Å². The van der Waals surface area contributed by atoms with E-state index in [-0.39, 0.29) is 23.3 Å². The zero-order valence-corrected chi connectivity index (χ0v) is 16.6. The van der Waals surface area contributed by atoms with Crippen molar-refractivity contribution in [2.45, 2.75) is 45.3 Å².